The number of carbonyl (C=O) groups is 1. The minimum absolute atomic E-state index is 0.0509. The molecule has 0 aliphatic carbocycles. The first-order valence-electron chi connectivity index (χ1n) is 6.23. The van der Waals surface area contributed by atoms with E-state index in [4.69, 9.17) is 4.84 Å². The summed E-state index contributed by atoms with van der Waals surface area (Å²) in [5.74, 6) is -1.55. The number of nitrogens with zero attached hydrogens (tertiary/aromatic N) is 2. The van der Waals surface area contributed by atoms with Gasteiger partial charge in [0.1, 0.15) is 11.4 Å². The van der Waals surface area contributed by atoms with Gasteiger partial charge in [-0.15, -0.1) is 5.06 Å². The van der Waals surface area contributed by atoms with E-state index in [1.54, 1.807) is 0 Å². The lowest BCUT2D eigenvalue weighted by Crippen LogP contribution is -2.20. The van der Waals surface area contributed by atoms with Crippen LogP contribution in [0.4, 0.5) is 10.1 Å². The number of hydrogen-bond donors (Lipinski definition) is 0. The van der Waals surface area contributed by atoms with Gasteiger partial charge < -0.3 is 4.84 Å². The van der Waals surface area contributed by atoms with Crippen molar-refractivity contribution in [3.8, 4) is 0 Å². The number of nitro groups is 1. The van der Waals surface area contributed by atoms with Gasteiger partial charge in [-0.3, -0.25) is 10.1 Å². The second-order valence-corrected chi connectivity index (χ2v) is 4.47. The Morgan fingerprint density at radius 3 is 2.60 bits per heavy atom. The molecule has 1 aromatic carbocycles. The molecule has 110 valence electrons. The molecule has 0 aliphatic heterocycles. The largest absolute Gasteiger partial charge is 0.364 e. The van der Waals surface area contributed by atoms with Crippen molar-refractivity contribution < 1.29 is 18.9 Å². The van der Waals surface area contributed by atoms with Gasteiger partial charge in [-0.05, 0) is 25.0 Å². The average Bonchev–Trinajstić information content (AvgIpc) is 2.35. The van der Waals surface area contributed by atoms with E-state index in [-0.39, 0.29) is 17.5 Å². The first-order chi connectivity index (χ1) is 9.38. The highest BCUT2D eigenvalue weighted by molar-refractivity contribution is 5.94. The summed E-state index contributed by atoms with van der Waals surface area (Å²) in [5.41, 5.74) is -0.799. The van der Waals surface area contributed by atoms with E-state index in [2.05, 4.69) is 0 Å². The topological polar surface area (TPSA) is 72.7 Å². The van der Waals surface area contributed by atoms with Crippen LogP contribution in [0.15, 0.2) is 12.1 Å². The molecule has 1 aromatic rings. The van der Waals surface area contributed by atoms with Crippen LogP contribution in [0.3, 0.4) is 0 Å². The summed E-state index contributed by atoms with van der Waals surface area (Å²) >= 11 is 0. The maximum atomic E-state index is 13.8. The molecule has 0 aliphatic rings. The molecule has 0 N–H and O–H groups in total. The number of benzene rings is 1. The van der Waals surface area contributed by atoms with Gasteiger partial charge in [0.2, 0.25) is 0 Å². The minimum Gasteiger partial charge on any atom is -0.364 e. The van der Waals surface area contributed by atoms with Crippen LogP contribution in [0.1, 0.15) is 35.7 Å². The summed E-state index contributed by atoms with van der Waals surface area (Å²) in [7, 11) is 2.95. The highest BCUT2D eigenvalue weighted by Crippen LogP contribution is 2.28. The zero-order valence-electron chi connectivity index (χ0n) is 11.7. The van der Waals surface area contributed by atoms with Gasteiger partial charge in [0.05, 0.1) is 10.5 Å². The summed E-state index contributed by atoms with van der Waals surface area (Å²) in [6, 6.07) is 2.14. The van der Waals surface area contributed by atoms with Gasteiger partial charge in [-0.2, -0.15) is 0 Å². The van der Waals surface area contributed by atoms with E-state index >= 15 is 0 Å². The van der Waals surface area contributed by atoms with E-state index in [0.29, 0.717) is 6.42 Å². The smallest absolute Gasteiger partial charge is 0.364 e. The van der Waals surface area contributed by atoms with Crippen LogP contribution in [0.25, 0.3) is 0 Å². The highest BCUT2D eigenvalue weighted by atomic mass is 19.1. The van der Waals surface area contributed by atoms with Crippen molar-refractivity contribution in [2.24, 2.45) is 0 Å². The van der Waals surface area contributed by atoms with Crippen molar-refractivity contribution in [2.75, 3.05) is 14.1 Å². The number of rotatable bonds is 6. The Morgan fingerprint density at radius 1 is 1.45 bits per heavy atom. The standard InChI is InChI=1S/C13H17FN2O4/c1-4-5-6-9-11(14)8-7-10(12(9)16(18)19)13(17)20-15(2)3/h7-8H,4-6H2,1-3H3. The molecule has 0 atom stereocenters. The third kappa shape index (κ3) is 3.74. The second-order valence-electron chi connectivity index (χ2n) is 4.47. The van der Waals surface area contributed by atoms with Gasteiger partial charge >= 0.3 is 5.97 Å². The summed E-state index contributed by atoms with van der Waals surface area (Å²) in [5, 5.41) is 12.3. The van der Waals surface area contributed by atoms with E-state index in [0.717, 1.165) is 23.6 Å². The fourth-order valence-corrected chi connectivity index (χ4v) is 1.79. The Morgan fingerprint density at radius 2 is 2.10 bits per heavy atom. The third-order valence-corrected chi connectivity index (χ3v) is 2.67. The van der Waals surface area contributed by atoms with Crippen LogP contribution in [0.5, 0.6) is 0 Å². The summed E-state index contributed by atoms with van der Waals surface area (Å²) in [6.45, 7) is 1.90. The molecule has 0 saturated heterocycles. The lowest BCUT2D eigenvalue weighted by atomic mass is 10.0. The highest BCUT2D eigenvalue weighted by Gasteiger charge is 2.28. The number of nitro benzene ring substituents is 1. The Bertz CT molecular complexity index is 517. The lowest BCUT2D eigenvalue weighted by Gasteiger charge is -2.12. The molecule has 0 amide bonds. The van der Waals surface area contributed by atoms with Crippen molar-refractivity contribution in [1.82, 2.24) is 5.06 Å². The molecule has 0 heterocycles. The quantitative estimate of drug-likeness (QED) is 0.593. The fraction of sp³-hybridized carbons (Fsp3) is 0.462. The van der Waals surface area contributed by atoms with Crippen LogP contribution < -0.4 is 0 Å². The maximum Gasteiger partial charge on any atom is 0.364 e. The molecule has 0 unspecified atom stereocenters. The summed E-state index contributed by atoms with van der Waals surface area (Å²) in [4.78, 5) is 27.1. The molecular weight excluding hydrogens is 267 g/mol. The third-order valence-electron chi connectivity index (χ3n) is 2.67. The molecule has 0 saturated carbocycles. The molecule has 20 heavy (non-hydrogen) atoms. The van der Waals surface area contributed by atoms with Crippen LogP contribution in [0, 0.1) is 15.9 Å². The molecular formula is C13H17FN2O4. The molecule has 0 aromatic heterocycles. The monoisotopic (exact) mass is 284 g/mol. The zero-order chi connectivity index (χ0) is 15.3. The molecule has 0 fully saturated rings. The predicted molar refractivity (Wildman–Crippen MR) is 70.8 cm³/mol. The first-order valence-corrected chi connectivity index (χ1v) is 6.23. The number of unbranched alkanes of at least 4 members (excludes halogenated alkanes) is 1. The zero-order valence-corrected chi connectivity index (χ0v) is 11.7. The Hall–Kier alpha value is -2.02. The first kappa shape index (κ1) is 16.0. The van der Waals surface area contributed by atoms with Crippen LogP contribution >= 0.6 is 0 Å². The average molecular weight is 284 g/mol. The van der Waals surface area contributed by atoms with Crippen molar-refractivity contribution in [3.05, 3.63) is 39.2 Å². The molecule has 0 bridgehead atoms. The minimum atomic E-state index is -0.876. The Labute approximate surface area is 116 Å². The van der Waals surface area contributed by atoms with Crippen molar-refractivity contribution in [1.29, 1.82) is 0 Å². The van der Waals surface area contributed by atoms with E-state index in [1.165, 1.54) is 14.1 Å². The van der Waals surface area contributed by atoms with Gasteiger partial charge in [0, 0.05) is 14.1 Å². The molecule has 6 nitrogen and oxygen atoms in total. The molecule has 7 heteroatoms. The van der Waals surface area contributed by atoms with Crippen molar-refractivity contribution in [2.45, 2.75) is 26.2 Å². The van der Waals surface area contributed by atoms with Gasteiger partial charge in [0.15, 0.2) is 0 Å². The number of hydroxylamine groups is 2. The van der Waals surface area contributed by atoms with Gasteiger partial charge in [0.25, 0.3) is 5.69 Å². The fourth-order valence-electron chi connectivity index (χ4n) is 1.79. The lowest BCUT2D eigenvalue weighted by molar-refractivity contribution is -0.386. The maximum absolute atomic E-state index is 13.8. The van der Waals surface area contributed by atoms with E-state index in [1.807, 2.05) is 6.92 Å². The molecule has 0 spiro atoms. The molecule has 0 radical (unpaired) electrons. The Balaban J connectivity index is 3.30. The van der Waals surface area contributed by atoms with E-state index < -0.39 is 22.4 Å². The van der Waals surface area contributed by atoms with Crippen LogP contribution in [-0.2, 0) is 11.3 Å². The van der Waals surface area contributed by atoms with Crippen molar-refractivity contribution in [3.63, 3.8) is 0 Å². The Kier molecular flexibility index (Phi) is 5.57. The van der Waals surface area contributed by atoms with Crippen LogP contribution in [0.2, 0.25) is 0 Å². The normalized spacial score (nSPS) is 10.7. The summed E-state index contributed by atoms with van der Waals surface area (Å²) < 4.78 is 13.8. The summed E-state index contributed by atoms with van der Waals surface area (Å²) in [6.07, 6.45) is 1.58. The van der Waals surface area contributed by atoms with Gasteiger partial charge in [-0.25, -0.2) is 9.18 Å². The SMILES string of the molecule is CCCCc1c(F)ccc(C(=O)ON(C)C)c1[N+](=O)[O-]. The predicted octanol–water partition coefficient (Wildman–Crippen LogP) is 2.71. The second kappa shape index (κ2) is 6.95. The van der Waals surface area contributed by atoms with Crippen LogP contribution in [-0.4, -0.2) is 30.1 Å². The van der Waals surface area contributed by atoms with Gasteiger partial charge in [-0.1, -0.05) is 13.3 Å². The molecule has 1 rings (SSSR count). The number of carbonyl (C=O) groups excluding carboxylic acids is 1. The number of halogens is 1. The number of hydrogen-bond acceptors (Lipinski definition) is 5. The van der Waals surface area contributed by atoms with E-state index in [9.17, 15) is 19.3 Å². The van der Waals surface area contributed by atoms with Crippen molar-refractivity contribution >= 4 is 11.7 Å².